The minimum atomic E-state index is 0.0290. The molecular formula is C14H20ClNO. The van der Waals surface area contributed by atoms with E-state index < -0.39 is 0 Å². The lowest BCUT2D eigenvalue weighted by Crippen LogP contribution is -2.41. The number of hydrogen-bond donors (Lipinski definition) is 2. The third kappa shape index (κ3) is 2.82. The normalized spacial score (nSPS) is 28.5. The average molecular weight is 254 g/mol. The second-order valence-corrected chi connectivity index (χ2v) is 5.64. The summed E-state index contributed by atoms with van der Waals surface area (Å²) in [5.74, 6) is 0. The molecule has 2 atom stereocenters. The van der Waals surface area contributed by atoms with Gasteiger partial charge >= 0.3 is 0 Å². The van der Waals surface area contributed by atoms with Crippen LogP contribution in [0.5, 0.6) is 0 Å². The van der Waals surface area contributed by atoms with Gasteiger partial charge in [0.25, 0.3) is 0 Å². The quantitative estimate of drug-likeness (QED) is 0.865. The molecule has 2 rings (SSSR count). The number of halogens is 1. The van der Waals surface area contributed by atoms with E-state index in [9.17, 15) is 5.11 Å². The lowest BCUT2D eigenvalue weighted by atomic mass is 9.86. The van der Waals surface area contributed by atoms with Crippen LogP contribution in [0.15, 0.2) is 24.3 Å². The van der Waals surface area contributed by atoms with E-state index in [1.165, 1.54) is 6.42 Å². The van der Waals surface area contributed by atoms with E-state index >= 15 is 0 Å². The fourth-order valence-electron chi connectivity index (χ4n) is 2.65. The molecule has 1 fully saturated rings. The highest BCUT2D eigenvalue weighted by Crippen LogP contribution is 2.37. The second kappa shape index (κ2) is 5.38. The fraction of sp³-hybridized carbons (Fsp3) is 0.571. The zero-order chi connectivity index (χ0) is 12.3. The van der Waals surface area contributed by atoms with Crippen molar-refractivity contribution in [2.45, 2.75) is 38.8 Å². The molecule has 0 heterocycles. The van der Waals surface area contributed by atoms with Gasteiger partial charge in [0.1, 0.15) is 0 Å². The van der Waals surface area contributed by atoms with Gasteiger partial charge in [-0.2, -0.15) is 0 Å². The lowest BCUT2D eigenvalue weighted by Gasteiger charge is -2.30. The van der Waals surface area contributed by atoms with Crippen molar-refractivity contribution in [3.05, 3.63) is 34.9 Å². The maximum atomic E-state index is 9.48. The summed E-state index contributed by atoms with van der Waals surface area (Å²) in [6.45, 7) is 3.19. The third-order valence-electron chi connectivity index (χ3n) is 3.94. The molecule has 1 aromatic carbocycles. The molecule has 2 nitrogen and oxygen atoms in total. The number of nitrogens with one attached hydrogen (secondary N) is 1. The Hall–Kier alpha value is -0.570. The summed E-state index contributed by atoms with van der Waals surface area (Å²) in [7, 11) is 0. The van der Waals surface area contributed by atoms with Gasteiger partial charge in [-0.05, 0) is 24.5 Å². The Kier molecular flexibility index (Phi) is 4.08. The zero-order valence-corrected chi connectivity index (χ0v) is 11.0. The molecule has 1 aliphatic carbocycles. The van der Waals surface area contributed by atoms with Crippen LogP contribution in [0.4, 0.5) is 0 Å². The molecular weight excluding hydrogens is 234 g/mol. The van der Waals surface area contributed by atoms with Gasteiger partial charge in [0.15, 0.2) is 0 Å². The first kappa shape index (κ1) is 12.9. The topological polar surface area (TPSA) is 32.3 Å². The predicted molar refractivity (Wildman–Crippen MR) is 71.1 cm³/mol. The van der Waals surface area contributed by atoms with E-state index in [1.807, 2.05) is 24.3 Å². The van der Waals surface area contributed by atoms with Crippen molar-refractivity contribution in [3.8, 4) is 0 Å². The van der Waals surface area contributed by atoms with Gasteiger partial charge in [0.05, 0.1) is 0 Å². The molecule has 1 saturated carbocycles. The highest BCUT2D eigenvalue weighted by atomic mass is 35.5. The van der Waals surface area contributed by atoms with Crippen LogP contribution in [0, 0.1) is 5.41 Å². The van der Waals surface area contributed by atoms with E-state index in [4.69, 9.17) is 11.6 Å². The number of aliphatic hydroxyl groups excluding tert-OH is 1. The van der Waals surface area contributed by atoms with Crippen molar-refractivity contribution in [1.82, 2.24) is 5.32 Å². The van der Waals surface area contributed by atoms with E-state index in [-0.39, 0.29) is 12.0 Å². The molecule has 0 bridgehead atoms. The molecule has 0 aliphatic heterocycles. The Labute approximate surface area is 108 Å². The van der Waals surface area contributed by atoms with Crippen LogP contribution in [0.3, 0.4) is 0 Å². The Bertz CT molecular complexity index is 382. The standard InChI is InChI=1S/C14H20ClNO/c1-14(10-17)8-4-7-13(14)16-9-11-5-2-3-6-12(11)15/h2-3,5-6,13,16-17H,4,7-10H2,1H3. The molecule has 0 spiro atoms. The summed E-state index contributed by atoms with van der Waals surface area (Å²) in [4.78, 5) is 0. The van der Waals surface area contributed by atoms with Gasteiger partial charge in [0.2, 0.25) is 0 Å². The number of benzene rings is 1. The first-order valence-electron chi connectivity index (χ1n) is 6.23. The predicted octanol–water partition coefficient (Wildman–Crippen LogP) is 2.98. The summed E-state index contributed by atoms with van der Waals surface area (Å²) >= 11 is 6.13. The third-order valence-corrected chi connectivity index (χ3v) is 4.31. The second-order valence-electron chi connectivity index (χ2n) is 5.23. The molecule has 0 saturated heterocycles. The summed E-state index contributed by atoms with van der Waals surface area (Å²) in [6.07, 6.45) is 3.43. The maximum Gasteiger partial charge on any atom is 0.0499 e. The van der Waals surface area contributed by atoms with Gasteiger partial charge in [0, 0.05) is 29.6 Å². The zero-order valence-electron chi connectivity index (χ0n) is 10.2. The summed E-state index contributed by atoms with van der Waals surface area (Å²) in [5, 5.41) is 13.8. The van der Waals surface area contributed by atoms with Crippen molar-refractivity contribution in [2.75, 3.05) is 6.61 Å². The number of rotatable bonds is 4. The highest BCUT2D eigenvalue weighted by molar-refractivity contribution is 6.31. The van der Waals surface area contributed by atoms with Crippen molar-refractivity contribution in [1.29, 1.82) is 0 Å². The molecule has 1 aromatic rings. The Morgan fingerprint density at radius 1 is 1.47 bits per heavy atom. The molecule has 17 heavy (non-hydrogen) atoms. The molecule has 1 aliphatic rings. The van der Waals surface area contributed by atoms with Crippen LogP contribution in [0.1, 0.15) is 31.7 Å². The number of hydrogen-bond acceptors (Lipinski definition) is 2. The van der Waals surface area contributed by atoms with Gasteiger partial charge in [-0.1, -0.05) is 43.1 Å². The summed E-state index contributed by atoms with van der Waals surface area (Å²) in [5.41, 5.74) is 1.16. The van der Waals surface area contributed by atoms with Gasteiger partial charge in [-0.25, -0.2) is 0 Å². The van der Waals surface area contributed by atoms with E-state index in [0.717, 1.165) is 30.0 Å². The minimum absolute atomic E-state index is 0.0290. The van der Waals surface area contributed by atoms with E-state index in [2.05, 4.69) is 12.2 Å². The Morgan fingerprint density at radius 2 is 2.24 bits per heavy atom. The smallest absolute Gasteiger partial charge is 0.0499 e. The average Bonchev–Trinajstić information content (AvgIpc) is 2.71. The SMILES string of the molecule is CC1(CO)CCCC1NCc1ccccc1Cl. The lowest BCUT2D eigenvalue weighted by molar-refractivity contribution is 0.118. The van der Waals surface area contributed by atoms with Gasteiger partial charge in [-0.3, -0.25) is 0 Å². The van der Waals surface area contributed by atoms with Crippen LogP contribution < -0.4 is 5.32 Å². The number of aliphatic hydroxyl groups is 1. The van der Waals surface area contributed by atoms with Gasteiger partial charge < -0.3 is 10.4 Å². The highest BCUT2D eigenvalue weighted by Gasteiger charge is 2.37. The van der Waals surface area contributed by atoms with Crippen molar-refractivity contribution < 1.29 is 5.11 Å². The van der Waals surface area contributed by atoms with E-state index in [0.29, 0.717) is 6.04 Å². The Morgan fingerprint density at radius 3 is 2.94 bits per heavy atom. The Balaban J connectivity index is 1.97. The van der Waals surface area contributed by atoms with Crippen molar-refractivity contribution in [2.24, 2.45) is 5.41 Å². The van der Waals surface area contributed by atoms with Crippen molar-refractivity contribution >= 4 is 11.6 Å². The van der Waals surface area contributed by atoms with Gasteiger partial charge in [-0.15, -0.1) is 0 Å². The molecule has 94 valence electrons. The largest absolute Gasteiger partial charge is 0.396 e. The fourth-order valence-corrected chi connectivity index (χ4v) is 2.85. The maximum absolute atomic E-state index is 9.48. The van der Waals surface area contributed by atoms with Crippen molar-refractivity contribution in [3.63, 3.8) is 0 Å². The van der Waals surface area contributed by atoms with Crippen LogP contribution >= 0.6 is 11.6 Å². The summed E-state index contributed by atoms with van der Waals surface area (Å²) in [6, 6.07) is 8.30. The monoisotopic (exact) mass is 253 g/mol. The molecule has 2 unspecified atom stereocenters. The molecule has 0 amide bonds. The molecule has 3 heteroatoms. The first-order chi connectivity index (χ1) is 8.15. The minimum Gasteiger partial charge on any atom is -0.396 e. The van der Waals surface area contributed by atoms with Crippen LogP contribution in [-0.2, 0) is 6.54 Å². The van der Waals surface area contributed by atoms with Crippen LogP contribution in [0.25, 0.3) is 0 Å². The molecule has 0 radical (unpaired) electrons. The molecule has 0 aromatic heterocycles. The van der Waals surface area contributed by atoms with Crippen LogP contribution in [-0.4, -0.2) is 17.8 Å². The first-order valence-corrected chi connectivity index (χ1v) is 6.61. The van der Waals surface area contributed by atoms with E-state index in [1.54, 1.807) is 0 Å². The molecule has 2 N–H and O–H groups in total. The van der Waals surface area contributed by atoms with Crippen LogP contribution in [0.2, 0.25) is 5.02 Å². The summed E-state index contributed by atoms with van der Waals surface area (Å²) < 4.78 is 0.